The van der Waals surface area contributed by atoms with Crippen LogP contribution < -0.4 is 0 Å². The largest absolute Gasteiger partial charge is 0.508 e. The average Bonchev–Trinajstić information content (AvgIpc) is 2.64. The molecule has 132 valence electrons. The molecule has 1 aliphatic heterocycles. The Hall–Kier alpha value is -2.50. The number of aromatic hydroxyl groups is 3. The number of hydrogen-bond acceptors (Lipinski definition) is 5. The Morgan fingerprint density at radius 1 is 0.640 bits per heavy atom. The zero-order chi connectivity index (χ0) is 18.6. The standard InChI is InChI=1S/C20H23NO4/c1-19(2)17(12-5-7-14(22)8-6-12)18(20(3,4)21(19)25)13-9-15(23)11-16(24)10-13/h5-11,22-25H,1-4H3. The first-order valence-corrected chi connectivity index (χ1v) is 8.12. The third-order valence-corrected chi connectivity index (χ3v) is 4.88. The van der Waals surface area contributed by atoms with Gasteiger partial charge in [-0.2, -0.15) is 5.06 Å². The monoisotopic (exact) mass is 341 g/mol. The van der Waals surface area contributed by atoms with Crippen LogP contribution in [0.5, 0.6) is 17.2 Å². The number of hydrogen-bond donors (Lipinski definition) is 4. The number of rotatable bonds is 2. The van der Waals surface area contributed by atoms with E-state index in [4.69, 9.17) is 0 Å². The fraction of sp³-hybridized carbons (Fsp3) is 0.300. The summed E-state index contributed by atoms with van der Waals surface area (Å²) >= 11 is 0. The maximum atomic E-state index is 10.9. The minimum Gasteiger partial charge on any atom is -0.508 e. The van der Waals surface area contributed by atoms with Gasteiger partial charge in [0.2, 0.25) is 0 Å². The summed E-state index contributed by atoms with van der Waals surface area (Å²) in [7, 11) is 0. The van der Waals surface area contributed by atoms with Crippen molar-refractivity contribution in [3.8, 4) is 17.2 Å². The molecule has 5 heteroatoms. The van der Waals surface area contributed by atoms with Crippen LogP contribution in [0.3, 0.4) is 0 Å². The summed E-state index contributed by atoms with van der Waals surface area (Å²) in [6.07, 6.45) is 0. The summed E-state index contributed by atoms with van der Waals surface area (Å²) in [5.41, 5.74) is 1.69. The zero-order valence-electron chi connectivity index (χ0n) is 14.8. The van der Waals surface area contributed by atoms with Gasteiger partial charge >= 0.3 is 0 Å². The van der Waals surface area contributed by atoms with Gasteiger partial charge in [0.15, 0.2) is 0 Å². The van der Waals surface area contributed by atoms with Crippen LogP contribution in [0.25, 0.3) is 11.1 Å². The minimum atomic E-state index is -0.753. The van der Waals surface area contributed by atoms with Crippen molar-refractivity contribution < 1.29 is 20.5 Å². The van der Waals surface area contributed by atoms with Crippen LogP contribution in [0.1, 0.15) is 38.8 Å². The van der Waals surface area contributed by atoms with E-state index < -0.39 is 11.1 Å². The molecule has 0 saturated heterocycles. The molecule has 1 aliphatic rings. The Labute approximate surface area is 147 Å². The Kier molecular flexibility index (Phi) is 3.82. The molecule has 1 heterocycles. The lowest BCUT2D eigenvalue weighted by atomic mass is 9.82. The number of benzene rings is 2. The molecule has 2 aromatic carbocycles. The maximum Gasteiger partial charge on any atom is 0.119 e. The van der Waals surface area contributed by atoms with E-state index in [1.807, 2.05) is 27.7 Å². The number of hydroxylamine groups is 2. The lowest BCUT2D eigenvalue weighted by molar-refractivity contribution is -0.178. The number of phenolic OH excluding ortho intramolecular Hbond substituents is 3. The smallest absolute Gasteiger partial charge is 0.119 e. The highest BCUT2D eigenvalue weighted by atomic mass is 16.5. The molecule has 0 aromatic heterocycles. The number of nitrogens with zero attached hydrogens (tertiary/aromatic N) is 1. The van der Waals surface area contributed by atoms with E-state index in [2.05, 4.69) is 0 Å². The molecule has 0 unspecified atom stereocenters. The minimum absolute atomic E-state index is 0.0439. The molecule has 0 amide bonds. The quantitative estimate of drug-likeness (QED) is 0.664. The Balaban J connectivity index is 2.36. The first kappa shape index (κ1) is 17.3. The average molecular weight is 341 g/mol. The van der Waals surface area contributed by atoms with Crippen LogP contribution in [-0.4, -0.2) is 36.7 Å². The summed E-state index contributed by atoms with van der Waals surface area (Å²) in [5, 5.41) is 41.6. The SMILES string of the molecule is CC1(C)C(c2ccc(O)cc2)=C(c2cc(O)cc(O)c2)C(C)(C)N1O. The second-order valence-electron chi connectivity index (χ2n) is 7.46. The molecule has 0 bridgehead atoms. The second-order valence-corrected chi connectivity index (χ2v) is 7.46. The van der Waals surface area contributed by atoms with Gasteiger partial charge < -0.3 is 20.5 Å². The van der Waals surface area contributed by atoms with Crippen molar-refractivity contribution >= 4 is 11.1 Å². The van der Waals surface area contributed by atoms with E-state index in [1.54, 1.807) is 36.4 Å². The lowest BCUT2D eigenvalue weighted by Gasteiger charge is -2.37. The summed E-state index contributed by atoms with van der Waals surface area (Å²) in [6.45, 7) is 7.59. The van der Waals surface area contributed by atoms with E-state index in [9.17, 15) is 20.5 Å². The first-order chi connectivity index (χ1) is 11.5. The van der Waals surface area contributed by atoms with Crippen LogP contribution in [0.4, 0.5) is 0 Å². The van der Waals surface area contributed by atoms with Crippen LogP contribution in [0, 0.1) is 0 Å². The van der Waals surface area contributed by atoms with Gasteiger partial charge in [-0.1, -0.05) is 12.1 Å². The number of phenols is 3. The predicted octanol–water partition coefficient (Wildman–Crippen LogP) is 3.98. The fourth-order valence-electron chi connectivity index (χ4n) is 3.89. The summed E-state index contributed by atoms with van der Waals surface area (Å²) in [5.74, 6) is 0.0759. The van der Waals surface area contributed by atoms with Crippen molar-refractivity contribution in [1.82, 2.24) is 5.06 Å². The molecule has 3 rings (SSSR count). The highest BCUT2D eigenvalue weighted by molar-refractivity contribution is 6.00. The molecule has 5 nitrogen and oxygen atoms in total. The Bertz CT molecular complexity index is 830. The van der Waals surface area contributed by atoms with E-state index in [0.29, 0.717) is 5.56 Å². The van der Waals surface area contributed by atoms with Crippen molar-refractivity contribution in [2.24, 2.45) is 0 Å². The summed E-state index contributed by atoms with van der Waals surface area (Å²) in [4.78, 5) is 0. The van der Waals surface area contributed by atoms with Crippen molar-refractivity contribution in [1.29, 1.82) is 0 Å². The third-order valence-electron chi connectivity index (χ3n) is 4.88. The predicted molar refractivity (Wildman–Crippen MR) is 96.5 cm³/mol. The van der Waals surface area contributed by atoms with E-state index in [1.165, 1.54) is 11.1 Å². The molecule has 2 aromatic rings. The van der Waals surface area contributed by atoms with Crippen molar-refractivity contribution in [2.45, 2.75) is 38.8 Å². The van der Waals surface area contributed by atoms with Gasteiger partial charge in [-0.3, -0.25) is 0 Å². The Morgan fingerprint density at radius 2 is 1.08 bits per heavy atom. The normalized spacial score (nSPS) is 19.4. The molecule has 25 heavy (non-hydrogen) atoms. The summed E-state index contributed by atoms with van der Waals surface area (Å²) in [6, 6.07) is 11.2. The molecule has 4 N–H and O–H groups in total. The van der Waals surface area contributed by atoms with Gasteiger partial charge in [-0.05, 0) is 74.2 Å². The van der Waals surface area contributed by atoms with Gasteiger partial charge in [0.05, 0.1) is 11.1 Å². The molecule has 0 atom stereocenters. The van der Waals surface area contributed by atoms with E-state index in [-0.39, 0.29) is 17.2 Å². The topological polar surface area (TPSA) is 84.2 Å². The van der Waals surface area contributed by atoms with Crippen LogP contribution in [0.2, 0.25) is 0 Å². The zero-order valence-corrected chi connectivity index (χ0v) is 14.8. The molecule has 0 spiro atoms. The van der Waals surface area contributed by atoms with Gasteiger partial charge in [-0.15, -0.1) is 0 Å². The van der Waals surface area contributed by atoms with Gasteiger partial charge in [0.25, 0.3) is 0 Å². The van der Waals surface area contributed by atoms with Crippen LogP contribution in [0.15, 0.2) is 42.5 Å². The maximum absolute atomic E-state index is 10.9. The van der Waals surface area contributed by atoms with Crippen LogP contribution in [-0.2, 0) is 0 Å². The van der Waals surface area contributed by atoms with Gasteiger partial charge in [-0.25, -0.2) is 0 Å². The molecule has 0 fully saturated rings. The molecule has 0 aliphatic carbocycles. The second kappa shape index (κ2) is 5.51. The highest BCUT2D eigenvalue weighted by Crippen LogP contribution is 2.53. The lowest BCUT2D eigenvalue weighted by Crippen LogP contribution is -2.48. The van der Waals surface area contributed by atoms with E-state index in [0.717, 1.165) is 16.7 Å². The summed E-state index contributed by atoms with van der Waals surface area (Å²) < 4.78 is 0. The van der Waals surface area contributed by atoms with Crippen molar-refractivity contribution in [3.05, 3.63) is 53.6 Å². The van der Waals surface area contributed by atoms with Crippen molar-refractivity contribution in [3.63, 3.8) is 0 Å². The molecular formula is C20H23NO4. The van der Waals surface area contributed by atoms with Gasteiger partial charge in [0, 0.05) is 6.07 Å². The fourth-order valence-corrected chi connectivity index (χ4v) is 3.89. The third kappa shape index (κ3) is 2.65. The van der Waals surface area contributed by atoms with Crippen LogP contribution >= 0.6 is 0 Å². The van der Waals surface area contributed by atoms with E-state index >= 15 is 0 Å². The Morgan fingerprint density at radius 3 is 1.56 bits per heavy atom. The molecule has 0 saturated carbocycles. The molecule has 0 radical (unpaired) electrons. The first-order valence-electron chi connectivity index (χ1n) is 8.12. The van der Waals surface area contributed by atoms with Gasteiger partial charge in [0.1, 0.15) is 17.2 Å². The van der Waals surface area contributed by atoms with Crippen molar-refractivity contribution in [2.75, 3.05) is 0 Å². The highest BCUT2D eigenvalue weighted by Gasteiger charge is 2.51. The molecular weight excluding hydrogens is 318 g/mol.